The van der Waals surface area contributed by atoms with E-state index in [1.54, 1.807) is 23.1 Å². The second-order valence-electron chi connectivity index (χ2n) is 7.52. The summed E-state index contributed by atoms with van der Waals surface area (Å²) < 4.78 is 3.88. The van der Waals surface area contributed by atoms with Crippen molar-refractivity contribution in [3.63, 3.8) is 0 Å². The second-order valence-corrected chi connectivity index (χ2v) is 7.96. The molecule has 0 saturated heterocycles. The molecule has 0 saturated carbocycles. The fourth-order valence-electron chi connectivity index (χ4n) is 3.72. The molecule has 3 heterocycles. The number of anilines is 2. The van der Waals surface area contributed by atoms with Crippen molar-refractivity contribution in [2.75, 3.05) is 16.8 Å². The van der Waals surface area contributed by atoms with Gasteiger partial charge in [-0.1, -0.05) is 11.6 Å². The first-order valence-corrected chi connectivity index (χ1v) is 10.4. The van der Waals surface area contributed by atoms with E-state index < -0.39 is 0 Å². The van der Waals surface area contributed by atoms with Crippen LogP contribution < -0.4 is 10.2 Å². The molecule has 1 N–H and O–H groups in total. The lowest BCUT2D eigenvalue weighted by Crippen LogP contribution is -2.37. The molecule has 1 aromatic carbocycles. The first-order chi connectivity index (χ1) is 14.4. The van der Waals surface area contributed by atoms with Crippen molar-refractivity contribution in [3.8, 4) is 11.4 Å². The lowest BCUT2D eigenvalue weighted by Gasteiger charge is -2.27. The predicted molar refractivity (Wildman–Crippen MR) is 118 cm³/mol. The van der Waals surface area contributed by atoms with E-state index in [4.69, 9.17) is 11.6 Å². The number of nitrogens with one attached hydrogen (secondary N) is 1. The number of carbonyl (C=O) groups is 2. The van der Waals surface area contributed by atoms with E-state index in [0.717, 1.165) is 35.7 Å². The van der Waals surface area contributed by atoms with Crippen LogP contribution in [0.5, 0.6) is 0 Å². The number of amides is 2. The van der Waals surface area contributed by atoms with Crippen LogP contribution in [0.1, 0.15) is 24.8 Å². The summed E-state index contributed by atoms with van der Waals surface area (Å²) in [7, 11) is 1.97. The fraction of sp³-hybridized carbons (Fsp3) is 0.318. The Kier molecular flexibility index (Phi) is 5.63. The zero-order chi connectivity index (χ0) is 21.3. The summed E-state index contributed by atoms with van der Waals surface area (Å²) in [6.45, 7) is 3.29. The summed E-state index contributed by atoms with van der Waals surface area (Å²) >= 11 is 5.96. The average Bonchev–Trinajstić information content (AvgIpc) is 3.33. The zero-order valence-electron chi connectivity index (χ0n) is 17.1. The minimum Gasteiger partial charge on any atom is -0.349 e. The van der Waals surface area contributed by atoms with E-state index in [0.29, 0.717) is 17.3 Å². The van der Waals surface area contributed by atoms with Crippen LogP contribution in [0.15, 0.2) is 42.6 Å². The van der Waals surface area contributed by atoms with Crippen LogP contribution in [0, 0.1) is 6.92 Å². The second kappa shape index (κ2) is 8.36. The van der Waals surface area contributed by atoms with Crippen LogP contribution in [-0.2, 0) is 23.2 Å². The fourth-order valence-corrected chi connectivity index (χ4v) is 3.95. The summed E-state index contributed by atoms with van der Waals surface area (Å²) in [4.78, 5) is 27.0. The number of hydrogen-bond donors (Lipinski definition) is 1. The maximum Gasteiger partial charge on any atom is 0.228 e. The van der Waals surface area contributed by atoms with E-state index in [-0.39, 0.29) is 24.7 Å². The van der Waals surface area contributed by atoms with E-state index in [1.807, 2.05) is 47.6 Å². The number of benzene rings is 1. The van der Waals surface area contributed by atoms with Crippen molar-refractivity contribution in [2.45, 2.75) is 32.7 Å². The molecule has 2 amide bonds. The lowest BCUT2D eigenvalue weighted by molar-refractivity contribution is -0.122. The van der Waals surface area contributed by atoms with Gasteiger partial charge < -0.3 is 9.88 Å². The van der Waals surface area contributed by atoms with Crippen LogP contribution in [-0.4, -0.2) is 32.7 Å². The standard InChI is InChI=1S/C22H24ClN5O2/c1-15-13-16(23)6-7-17(15)24-20(29)8-9-22(30)27-11-4-12-28-21(27)14-18(25-28)19-5-3-10-26(19)2/h3,5-7,10,13-14H,4,8-9,11-12H2,1-2H3,(H,24,29). The van der Waals surface area contributed by atoms with Gasteiger partial charge >= 0.3 is 0 Å². The molecule has 4 rings (SSSR count). The average molecular weight is 426 g/mol. The van der Waals surface area contributed by atoms with Crippen LogP contribution >= 0.6 is 11.6 Å². The lowest BCUT2D eigenvalue weighted by atomic mass is 10.2. The first kappa shape index (κ1) is 20.2. The minimum absolute atomic E-state index is 0.0720. The highest BCUT2D eigenvalue weighted by atomic mass is 35.5. The molecule has 156 valence electrons. The van der Waals surface area contributed by atoms with Crippen molar-refractivity contribution in [2.24, 2.45) is 7.05 Å². The number of hydrogen-bond acceptors (Lipinski definition) is 3. The smallest absolute Gasteiger partial charge is 0.228 e. The summed E-state index contributed by atoms with van der Waals surface area (Å²) in [5.74, 6) is 0.525. The molecular formula is C22H24ClN5O2. The molecule has 3 aromatic rings. The number of rotatable bonds is 5. The van der Waals surface area contributed by atoms with Gasteiger partial charge in [-0.15, -0.1) is 0 Å². The van der Waals surface area contributed by atoms with Gasteiger partial charge in [-0.3, -0.25) is 14.5 Å². The molecule has 8 heteroatoms. The third-order valence-electron chi connectivity index (χ3n) is 5.32. The Bertz CT molecular complexity index is 1100. The van der Waals surface area contributed by atoms with Gasteiger partial charge in [-0.2, -0.15) is 5.10 Å². The van der Waals surface area contributed by atoms with Crippen molar-refractivity contribution in [1.82, 2.24) is 14.3 Å². The highest BCUT2D eigenvalue weighted by Crippen LogP contribution is 2.28. The van der Waals surface area contributed by atoms with E-state index in [2.05, 4.69) is 10.4 Å². The molecular weight excluding hydrogens is 402 g/mol. The van der Waals surface area contributed by atoms with Crippen LogP contribution in [0.2, 0.25) is 5.02 Å². The summed E-state index contributed by atoms with van der Waals surface area (Å²) in [6.07, 6.45) is 3.07. The molecule has 0 atom stereocenters. The van der Waals surface area contributed by atoms with Gasteiger partial charge in [0.1, 0.15) is 11.5 Å². The number of carbonyl (C=O) groups excluding carboxylic acids is 2. The summed E-state index contributed by atoms with van der Waals surface area (Å²) in [5.41, 5.74) is 3.44. The quantitative estimate of drug-likeness (QED) is 0.671. The number of nitrogens with zero attached hydrogens (tertiary/aromatic N) is 4. The SMILES string of the molecule is Cc1cc(Cl)ccc1NC(=O)CCC(=O)N1CCCn2nc(-c3cccn3C)cc21. The molecule has 0 bridgehead atoms. The predicted octanol–water partition coefficient (Wildman–Crippen LogP) is 4.01. The Balaban J connectivity index is 1.42. The van der Waals surface area contributed by atoms with Crippen LogP contribution in [0.3, 0.4) is 0 Å². The summed E-state index contributed by atoms with van der Waals surface area (Å²) in [5, 5.41) is 8.14. The molecule has 0 fully saturated rings. The molecule has 1 aliphatic rings. The maximum absolute atomic E-state index is 12.9. The Hall–Kier alpha value is -3.06. The van der Waals surface area contributed by atoms with E-state index >= 15 is 0 Å². The molecule has 0 aliphatic carbocycles. The van der Waals surface area contributed by atoms with Gasteiger partial charge in [0.2, 0.25) is 11.8 Å². The summed E-state index contributed by atoms with van der Waals surface area (Å²) in [6, 6.07) is 11.2. The third-order valence-corrected chi connectivity index (χ3v) is 5.56. The Morgan fingerprint density at radius 2 is 2.00 bits per heavy atom. The molecule has 30 heavy (non-hydrogen) atoms. The van der Waals surface area contributed by atoms with Gasteiger partial charge in [0.05, 0.1) is 5.69 Å². The minimum atomic E-state index is -0.191. The normalized spacial score (nSPS) is 13.2. The van der Waals surface area contributed by atoms with Gasteiger partial charge in [0, 0.05) is 56.0 Å². The monoisotopic (exact) mass is 425 g/mol. The molecule has 0 spiro atoms. The van der Waals surface area contributed by atoms with Gasteiger partial charge in [0.15, 0.2) is 0 Å². The third kappa shape index (κ3) is 4.11. The Labute approximate surface area is 180 Å². The van der Waals surface area contributed by atoms with Gasteiger partial charge in [-0.25, -0.2) is 4.68 Å². The zero-order valence-corrected chi connectivity index (χ0v) is 17.8. The molecule has 1 aliphatic heterocycles. The Morgan fingerprint density at radius 3 is 2.73 bits per heavy atom. The van der Waals surface area contributed by atoms with Crippen molar-refractivity contribution >= 4 is 34.9 Å². The number of halogens is 1. The van der Waals surface area contributed by atoms with E-state index in [1.165, 1.54) is 0 Å². The van der Waals surface area contributed by atoms with Gasteiger partial charge in [-0.05, 0) is 49.2 Å². The molecule has 0 unspecified atom stereocenters. The largest absolute Gasteiger partial charge is 0.349 e. The molecule has 2 aromatic heterocycles. The van der Waals surface area contributed by atoms with E-state index in [9.17, 15) is 9.59 Å². The van der Waals surface area contributed by atoms with Crippen molar-refractivity contribution in [3.05, 3.63) is 53.2 Å². The van der Waals surface area contributed by atoms with Crippen LogP contribution in [0.25, 0.3) is 11.4 Å². The molecule has 7 nitrogen and oxygen atoms in total. The highest BCUT2D eigenvalue weighted by molar-refractivity contribution is 6.30. The maximum atomic E-state index is 12.9. The highest BCUT2D eigenvalue weighted by Gasteiger charge is 2.25. The van der Waals surface area contributed by atoms with Crippen molar-refractivity contribution in [1.29, 1.82) is 0 Å². The number of aryl methyl sites for hydroxylation is 3. The number of aromatic nitrogens is 3. The van der Waals surface area contributed by atoms with Crippen LogP contribution in [0.4, 0.5) is 11.5 Å². The Morgan fingerprint density at radius 1 is 1.17 bits per heavy atom. The number of fused-ring (bicyclic) bond motifs is 1. The van der Waals surface area contributed by atoms with Gasteiger partial charge in [0.25, 0.3) is 0 Å². The first-order valence-electron chi connectivity index (χ1n) is 9.98. The van der Waals surface area contributed by atoms with Crippen molar-refractivity contribution < 1.29 is 9.59 Å². The molecule has 0 radical (unpaired) electrons. The topological polar surface area (TPSA) is 72.2 Å².